The normalized spacial score (nSPS) is 12.8. The molecule has 0 radical (unpaired) electrons. The van der Waals surface area contributed by atoms with Crippen LogP contribution < -0.4 is 5.32 Å². The lowest BCUT2D eigenvalue weighted by molar-refractivity contribution is 0.124. The van der Waals surface area contributed by atoms with Crippen LogP contribution in [0, 0.1) is 19.7 Å². The van der Waals surface area contributed by atoms with Crippen molar-refractivity contribution in [2.24, 2.45) is 0 Å². The molecule has 1 rings (SSSR count). The van der Waals surface area contributed by atoms with Gasteiger partial charge in [0.25, 0.3) is 0 Å². The van der Waals surface area contributed by atoms with Gasteiger partial charge in [-0.3, -0.25) is 0 Å². The highest BCUT2D eigenvalue weighted by atomic mass is 19.1. The van der Waals surface area contributed by atoms with Gasteiger partial charge in [-0.1, -0.05) is 6.07 Å². The van der Waals surface area contributed by atoms with Gasteiger partial charge in [0.05, 0.1) is 12.6 Å². The summed E-state index contributed by atoms with van der Waals surface area (Å²) in [5, 5.41) is 3.09. The van der Waals surface area contributed by atoms with Gasteiger partial charge < -0.3 is 10.1 Å². The molecule has 1 atom stereocenters. The predicted octanol–water partition coefficient (Wildman–Crippen LogP) is 2.74. The second-order valence-corrected chi connectivity index (χ2v) is 3.98. The van der Waals surface area contributed by atoms with Gasteiger partial charge in [0.1, 0.15) is 5.82 Å². The molecule has 0 spiro atoms. The number of nitrogens with one attached hydrogen (secondary N) is 1. The van der Waals surface area contributed by atoms with Gasteiger partial charge in [-0.2, -0.15) is 0 Å². The Labute approximate surface area is 96.8 Å². The van der Waals surface area contributed by atoms with E-state index in [4.69, 9.17) is 4.74 Å². The summed E-state index contributed by atoms with van der Waals surface area (Å²) in [6.45, 7) is 6.90. The van der Waals surface area contributed by atoms with E-state index in [9.17, 15) is 4.39 Å². The van der Waals surface area contributed by atoms with Crippen LogP contribution in [0.15, 0.2) is 12.1 Å². The Hall–Kier alpha value is -0.930. The highest BCUT2D eigenvalue weighted by Gasteiger charge is 2.16. The van der Waals surface area contributed by atoms with Crippen LogP contribution in [0.1, 0.15) is 29.7 Å². The first kappa shape index (κ1) is 13.1. The summed E-state index contributed by atoms with van der Waals surface area (Å²) in [6.07, 6.45) is 0. The molecule has 2 nitrogen and oxygen atoms in total. The zero-order valence-electron chi connectivity index (χ0n) is 10.4. The van der Waals surface area contributed by atoms with Crippen molar-refractivity contribution in [1.29, 1.82) is 0 Å². The smallest absolute Gasteiger partial charge is 0.128 e. The molecule has 16 heavy (non-hydrogen) atoms. The molecular formula is C13H20FNO. The fourth-order valence-corrected chi connectivity index (χ4v) is 1.91. The molecule has 0 saturated heterocycles. The number of aryl methyl sites for hydroxylation is 2. The quantitative estimate of drug-likeness (QED) is 0.832. The molecule has 1 aromatic rings. The van der Waals surface area contributed by atoms with Crippen molar-refractivity contribution >= 4 is 0 Å². The van der Waals surface area contributed by atoms with Crippen molar-refractivity contribution in [3.63, 3.8) is 0 Å². The summed E-state index contributed by atoms with van der Waals surface area (Å²) < 4.78 is 19.2. The third-order valence-corrected chi connectivity index (χ3v) is 2.67. The number of hydrogen-bond acceptors (Lipinski definition) is 2. The summed E-state index contributed by atoms with van der Waals surface area (Å²) in [4.78, 5) is 0. The zero-order chi connectivity index (χ0) is 12.1. The fourth-order valence-electron chi connectivity index (χ4n) is 1.91. The summed E-state index contributed by atoms with van der Waals surface area (Å²) in [5.74, 6) is -0.156. The minimum Gasteiger partial charge on any atom is -0.380 e. The van der Waals surface area contributed by atoms with Gasteiger partial charge in [-0.15, -0.1) is 0 Å². The first-order valence-corrected chi connectivity index (χ1v) is 5.61. The molecule has 0 aliphatic rings. The van der Waals surface area contributed by atoms with E-state index < -0.39 is 0 Å². The second kappa shape index (κ2) is 5.97. The van der Waals surface area contributed by atoms with Crippen LogP contribution in [0.5, 0.6) is 0 Å². The molecule has 0 fully saturated rings. The molecule has 0 aromatic heterocycles. The van der Waals surface area contributed by atoms with Crippen LogP contribution in [-0.2, 0) is 4.74 Å². The Morgan fingerprint density at radius 3 is 2.56 bits per heavy atom. The van der Waals surface area contributed by atoms with E-state index in [2.05, 4.69) is 5.32 Å². The van der Waals surface area contributed by atoms with Gasteiger partial charge in [-0.25, -0.2) is 4.39 Å². The van der Waals surface area contributed by atoms with Crippen molar-refractivity contribution in [3.05, 3.63) is 34.6 Å². The molecular weight excluding hydrogens is 205 g/mol. The first-order chi connectivity index (χ1) is 7.60. The number of benzene rings is 1. The summed E-state index contributed by atoms with van der Waals surface area (Å²) in [6, 6.07) is 3.48. The molecule has 3 heteroatoms. The lowest BCUT2D eigenvalue weighted by Crippen LogP contribution is -2.24. The average Bonchev–Trinajstić information content (AvgIpc) is 2.21. The molecule has 1 unspecified atom stereocenters. The van der Waals surface area contributed by atoms with E-state index in [1.807, 2.05) is 33.9 Å². The monoisotopic (exact) mass is 225 g/mol. The van der Waals surface area contributed by atoms with Crippen molar-refractivity contribution in [2.45, 2.75) is 26.8 Å². The van der Waals surface area contributed by atoms with E-state index in [1.54, 1.807) is 6.07 Å². The standard InChI is InChI=1S/C13H20FNO/c1-5-16-8-12(15-4)13-10(3)6-9(2)7-11(13)14/h6-7,12,15H,5,8H2,1-4H3. The largest absolute Gasteiger partial charge is 0.380 e. The maximum atomic E-state index is 13.9. The highest BCUT2D eigenvalue weighted by molar-refractivity contribution is 5.34. The lowest BCUT2D eigenvalue weighted by Gasteiger charge is -2.19. The van der Waals surface area contributed by atoms with Crippen molar-refractivity contribution in [1.82, 2.24) is 5.32 Å². The predicted molar refractivity (Wildman–Crippen MR) is 64.2 cm³/mol. The third-order valence-electron chi connectivity index (χ3n) is 2.67. The maximum absolute atomic E-state index is 13.9. The number of likely N-dealkylation sites (N-methyl/N-ethyl adjacent to an activating group) is 1. The number of ether oxygens (including phenoxy) is 1. The van der Waals surface area contributed by atoms with Crippen LogP contribution in [0.4, 0.5) is 4.39 Å². The average molecular weight is 225 g/mol. The molecule has 1 N–H and O–H groups in total. The maximum Gasteiger partial charge on any atom is 0.128 e. The van der Waals surface area contributed by atoms with E-state index >= 15 is 0 Å². The minimum absolute atomic E-state index is 0.0828. The van der Waals surface area contributed by atoms with Gasteiger partial charge in [0.15, 0.2) is 0 Å². The third kappa shape index (κ3) is 3.03. The second-order valence-electron chi connectivity index (χ2n) is 3.98. The Bertz CT molecular complexity index is 329. The summed E-state index contributed by atoms with van der Waals surface area (Å²) in [5.41, 5.74) is 2.63. The van der Waals surface area contributed by atoms with E-state index in [0.29, 0.717) is 18.8 Å². The van der Waals surface area contributed by atoms with E-state index in [1.165, 1.54) is 0 Å². The van der Waals surface area contributed by atoms with Crippen LogP contribution in [-0.4, -0.2) is 20.3 Å². The van der Waals surface area contributed by atoms with Crippen LogP contribution in [0.3, 0.4) is 0 Å². The van der Waals surface area contributed by atoms with Crippen LogP contribution in [0.25, 0.3) is 0 Å². The van der Waals surface area contributed by atoms with Crippen molar-refractivity contribution in [2.75, 3.05) is 20.3 Å². The Kier molecular flexibility index (Phi) is 4.90. The Morgan fingerprint density at radius 2 is 2.06 bits per heavy atom. The number of hydrogen-bond donors (Lipinski definition) is 1. The number of rotatable bonds is 5. The lowest BCUT2D eigenvalue weighted by atomic mass is 9.99. The minimum atomic E-state index is -0.156. The van der Waals surface area contributed by atoms with Crippen molar-refractivity contribution in [3.8, 4) is 0 Å². The number of halogens is 1. The van der Waals surface area contributed by atoms with Gasteiger partial charge in [-0.05, 0) is 45.0 Å². The summed E-state index contributed by atoms with van der Waals surface area (Å²) >= 11 is 0. The Morgan fingerprint density at radius 1 is 1.38 bits per heavy atom. The fraction of sp³-hybridized carbons (Fsp3) is 0.538. The zero-order valence-corrected chi connectivity index (χ0v) is 10.4. The molecule has 0 saturated carbocycles. The van der Waals surface area contributed by atoms with Crippen LogP contribution >= 0.6 is 0 Å². The topological polar surface area (TPSA) is 21.3 Å². The highest BCUT2D eigenvalue weighted by Crippen LogP contribution is 2.23. The van der Waals surface area contributed by atoms with E-state index in [0.717, 1.165) is 11.1 Å². The molecule has 90 valence electrons. The molecule has 0 aliphatic carbocycles. The molecule has 1 aromatic carbocycles. The van der Waals surface area contributed by atoms with Gasteiger partial charge in [0, 0.05) is 12.2 Å². The van der Waals surface area contributed by atoms with Gasteiger partial charge >= 0.3 is 0 Å². The molecule has 0 aliphatic heterocycles. The summed E-state index contributed by atoms with van der Waals surface area (Å²) in [7, 11) is 1.82. The van der Waals surface area contributed by atoms with E-state index in [-0.39, 0.29) is 11.9 Å². The van der Waals surface area contributed by atoms with Crippen LogP contribution in [0.2, 0.25) is 0 Å². The first-order valence-electron chi connectivity index (χ1n) is 5.61. The molecule has 0 amide bonds. The van der Waals surface area contributed by atoms with Crippen molar-refractivity contribution < 1.29 is 9.13 Å². The SMILES string of the molecule is CCOCC(NC)c1c(C)cc(C)cc1F. The van der Waals surface area contributed by atoms with Gasteiger partial charge in [0.2, 0.25) is 0 Å². The Balaban J connectivity index is 2.99. The molecule has 0 bridgehead atoms. The molecule has 0 heterocycles.